The van der Waals surface area contributed by atoms with Gasteiger partial charge in [0.15, 0.2) is 5.79 Å². The van der Waals surface area contributed by atoms with Crippen LogP contribution in [0.15, 0.2) is 119 Å². The molecule has 0 bridgehead atoms. The molecule has 2 saturated heterocycles. The van der Waals surface area contributed by atoms with Crippen LogP contribution < -0.4 is 20.1 Å². The van der Waals surface area contributed by atoms with Crippen molar-refractivity contribution in [1.29, 1.82) is 0 Å². The second kappa shape index (κ2) is 32.5. The number of amides is 2. The van der Waals surface area contributed by atoms with Crippen molar-refractivity contribution in [2.24, 2.45) is 10.8 Å². The zero-order valence-corrected chi connectivity index (χ0v) is 53.8. The fourth-order valence-corrected chi connectivity index (χ4v) is 13.5. The minimum Gasteiger partial charge on any atom is -0.497 e. The van der Waals surface area contributed by atoms with Gasteiger partial charge >= 0.3 is 12.2 Å². The molecule has 0 radical (unpaired) electrons. The predicted molar refractivity (Wildman–Crippen MR) is 328 cm³/mol. The van der Waals surface area contributed by atoms with Crippen molar-refractivity contribution in [2.45, 2.75) is 172 Å². The number of Topliss-reactive ketones (excluding diaryl/α,β-unsaturated/α-hetero) is 1. The number of rotatable bonds is 31. The summed E-state index contributed by atoms with van der Waals surface area (Å²) < 4.78 is 96.8. The first kappa shape index (κ1) is 71.1. The van der Waals surface area contributed by atoms with E-state index in [9.17, 15) is 41.4 Å². The number of aliphatic hydroxyl groups excluding tert-OH is 2. The van der Waals surface area contributed by atoms with Crippen LogP contribution in [0.2, 0.25) is 0 Å². The highest BCUT2D eigenvalue weighted by atomic mass is 32.2. The molecule has 2 aliphatic heterocycles. The molecule has 2 aliphatic rings. The van der Waals surface area contributed by atoms with E-state index in [4.69, 9.17) is 33.2 Å². The first-order chi connectivity index (χ1) is 40.4. The lowest BCUT2D eigenvalue weighted by Gasteiger charge is -2.35. The predicted octanol–water partition coefficient (Wildman–Crippen LogP) is 9.10. The summed E-state index contributed by atoms with van der Waals surface area (Å²) in [7, 11) is -5.09. The number of sulfonamides is 2. The summed E-state index contributed by atoms with van der Waals surface area (Å²) >= 11 is 0. The fraction of sp³-hybridized carbons (Fsp3) is 0.578. The highest BCUT2D eigenvalue weighted by molar-refractivity contribution is 7.89. The van der Waals surface area contributed by atoms with Gasteiger partial charge in [-0.15, -0.1) is 0 Å². The zero-order valence-electron chi connectivity index (χ0n) is 52.1. The normalized spacial score (nSPS) is 16.9. The Labute approximate surface area is 510 Å². The number of methoxy groups -OCH3 is 2. The van der Waals surface area contributed by atoms with E-state index in [0.29, 0.717) is 76.5 Å². The molecule has 2 amide bonds. The summed E-state index contributed by atoms with van der Waals surface area (Å²) in [5.41, 5.74) is 0.0360. The van der Waals surface area contributed by atoms with Crippen LogP contribution in [0.4, 0.5) is 9.59 Å². The summed E-state index contributed by atoms with van der Waals surface area (Å²) in [5.74, 6) is 0.502. The number of carbonyl (C=O) groups is 3. The number of ether oxygens (including phenoxy) is 7. The average Bonchev–Trinajstić information content (AvgIpc) is 1.63. The summed E-state index contributed by atoms with van der Waals surface area (Å²) in [6, 6.07) is 29.4. The molecule has 0 aromatic heterocycles. The van der Waals surface area contributed by atoms with E-state index in [2.05, 4.69) is 10.6 Å². The van der Waals surface area contributed by atoms with Crippen molar-refractivity contribution in [3.05, 3.63) is 120 Å². The summed E-state index contributed by atoms with van der Waals surface area (Å²) in [4.78, 5) is 37.3. The van der Waals surface area contributed by atoms with Crippen molar-refractivity contribution in [3.63, 3.8) is 0 Å². The molecule has 1 unspecified atom stereocenters. The Hall–Kier alpha value is -5.69. The Kier molecular flexibility index (Phi) is 26.9. The van der Waals surface area contributed by atoms with Crippen LogP contribution in [0.5, 0.6) is 11.5 Å². The first-order valence-electron chi connectivity index (χ1n) is 29.5. The Morgan fingerprint density at radius 2 is 1.07 bits per heavy atom. The lowest BCUT2D eigenvalue weighted by Crippen LogP contribution is -2.52. The maximum Gasteiger partial charge on any atom is 0.407 e. The molecule has 5 atom stereocenters. The van der Waals surface area contributed by atoms with Gasteiger partial charge in [0, 0.05) is 45.4 Å². The fourth-order valence-electron chi connectivity index (χ4n) is 10.2. The largest absolute Gasteiger partial charge is 0.497 e. The molecule has 2 fully saturated rings. The Morgan fingerprint density at radius 1 is 0.640 bits per heavy atom. The molecule has 6 rings (SSSR count). The van der Waals surface area contributed by atoms with E-state index in [-0.39, 0.29) is 60.7 Å². The number of hydrogen-bond acceptors (Lipinski definition) is 16. The van der Waals surface area contributed by atoms with Crippen LogP contribution in [0.25, 0.3) is 0 Å². The van der Waals surface area contributed by atoms with Gasteiger partial charge in [-0.2, -0.15) is 8.61 Å². The van der Waals surface area contributed by atoms with Crippen LogP contribution in [-0.4, -0.2) is 162 Å². The molecule has 2 heterocycles. The maximum atomic E-state index is 14.1. The molecular formula is C64H94N4O16S2. The minimum absolute atomic E-state index is 0.0586. The van der Waals surface area contributed by atoms with Crippen molar-refractivity contribution in [1.82, 2.24) is 19.2 Å². The van der Waals surface area contributed by atoms with Crippen molar-refractivity contribution < 1.29 is 74.6 Å². The number of nitrogens with zero attached hydrogens (tertiary/aromatic N) is 2. The molecule has 86 heavy (non-hydrogen) atoms. The SMILES string of the molecule is COc1ccc(S(=O)(=O)N(C[C@@H](O)[C@H](Cc2ccccc2)NC(=O)OC(C)(C)C)CC(C)(C)CCCC2(C)OCCO2)cc1.COc1ccc(S(=O)(=O)N(C[C@@H](O)[C@H](Cc2ccccc2)NC(=O)OC2CCOC2)CC(C)(C)CCCC(C)=O)cc1. The summed E-state index contributed by atoms with van der Waals surface area (Å²) in [5, 5.41) is 28.7. The molecule has 0 spiro atoms. The van der Waals surface area contributed by atoms with E-state index in [1.165, 1.54) is 54.0 Å². The van der Waals surface area contributed by atoms with Gasteiger partial charge in [0.25, 0.3) is 0 Å². The Balaban J connectivity index is 0.000000314. The average molecular weight is 1240 g/mol. The number of ketones is 1. The monoisotopic (exact) mass is 1240 g/mol. The molecule has 478 valence electrons. The van der Waals surface area contributed by atoms with Gasteiger partial charge in [-0.1, -0.05) is 88.4 Å². The Morgan fingerprint density at radius 3 is 1.47 bits per heavy atom. The van der Waals surface area contributed by atoms with Crippen molar-refractivity contribution >= 4 is 38.0 Å². The first-order valence-corrected chi connectivity index (χ1v) is 32.3. The molecule has 0 aliphatic carbocycles. The van der Waals surface area contributed by atoms with Gasteiger partial charge in [0.05, 0.1) is 74.7 Å². The third-order valence-corrected chi connectivity index (χ3v) is 18.5. The third kappa shape index (κ3) is 23.8. The summed E-state index contributed by atoms with van der Waals surface area (Å²) in [6.07, 6.45) is 0.649. The van der Waals surface area contributed by atoms with Gasteiger partial charge in [-0.25, -0.2) is 26.4 Å². The van der Waals surface area contributed by atoms with Crippen LogP contribution in [0.1, 0.15) is 118 Å². The van der Waals surface area contributed by atoms with E-state index in [1.54, 1.807) is 45.0 Å². The molecule has 0 saturated carbocycles. The number of benzene rings is 4. The standard InChI is InChI=1S/C33H50N2O8S.C31H44N2O8S/c1-31(2,3)43-30(37)34-28(22-25-12-9-8-10-13-25)29(36)23-35(44(38,39)27-16-14-26(40-7)15-17-27)24-32(4,5)18-11-19-33(6)41-20-21-42-33;1-23(34)9-8-17-31(2,3)22-33(42(37,38)27-14-12-25(39-4)13-15-27)20-29(35)28(19-24-10-6-5-7-11-24)32-30(36)41-26-16-18-40-21-26/h8-10,12-17,28-29,36H,11,18-24H2,1-7H3,(H,34,37);5-7,10-15,26,28-29,35H,8-9,16-22H2,1-4H3,(H,32,36)/t28-,29+;26?,28-,29+/m00/s1. The van der Waals surface area contributed by atoms with Crippen molar-refractivity contribution in [3.8, 4) is 11.5 Å². The third-order valence-electron chi connectivity index (χ3n) is 14.8. The number of nitrogens with one attached hydrogen (secondary N) is 2. The molecule has 22 heteroatoms. The maximum absolute atomic E-state index is 14.1. The van der Waals surface area contributed by atoms with Gasteiger partial charge < -0.3 is 58.8 Å². The van der Waals surface area contributed by atoms with Gasteiger partial charge in [-0.05, 0) is 144 Å². The second-order valence-electron chi connectivity index (χ2n) is 24.9. The molecule has 4 N–H and O–H groups in total. The van der Waals surface area contributed by atoms with Gasteiger partial charge in [0.2, 0.25) is 20.0 Å². The Bertz CT molecular complexity index is 2930. The highest BCUT2D eigenvalue weighted by Gasteiger charge is 2.38. The van der Waals surface area contributed by atoms with E-state index in [0.717, 1.165) is 17.5 Å². The second-order valence-corrected chi connectivity index (χ2v) is 28.8. The molecule has 20 nitrogen and oxygen atoms in total. The van der Waals surface area contributed by atoms with E-state index < -0.39 is 78.7 Å². The number of hydrogen-bond donors (Lipinski definition) is 4. The van der Waals surface area contributed by atoms with Crippen LogP contribution in [-0.2, 0) is 61.4 Å². The molecule has 4 aromatic carbocycles. The quantitative estimate of drug-likeness (QED) is 0.0366. The highest BCUT2D eigenvalue weighted by Crippen LogP contribution is 2.34. The van der Waals surface area contributed by atoms with Crippen molar-refractivity contribution in [2.75, 3.05) is 66.8 Å². The lowest BCUT2D eigenvalue weighted by atomic mass is 9.86. The zero-order chi connectivity index (χ0) is 63.4. The molecule has 4 aromatic rings. The van der Waals surface area contributed by atoms with Crippen LogP contribution >= 0.6 is 0 Å². The van der Waals surface area contributed by atoms with Gasteiger partial charge in [0.1, 0.15) is 29.0 Å². The minimum atomic E-state index is -4.06. The topological polar surface area (TPSA) is 255 Å². The van der Waals surface area contributed by atoms with E-state index in [1.807, 2.05) is 95.3 Å². The number of carbonyl (C=O) groups excluding carboxylic acids is 3. The summed E-state index contributed by atoms with van der Waals surface area (Å²) in [6.45, 7) is 18.3. The van der Waals surface area contributed by atoms with Crippen LogP contribution in [0.3, 0.4) is 0 Å². The number of aliphatic hydroxyl groups is 2. The van der Waals surface area contributed by atoms with E-state index >= 15 is 0 Å². The smallest absolute Gasteiger partial charge is 0.407 e. The molecular weight excluding hydrogens is 1140 g/mol. The van der Waals surface area contributed by atoms with Crippen LogP contribution in [0, 0.1) is 10.8 Å². The van der Waals surface area contributed by atoms with Gasteiger partial charge in [-0.3, -0.25) is 0 Å². The number of alkyl carbamates (subject to hydrolysis) is 2. The lowest BCUT2D eigenvalue weighted by molar-refractivity contribution is -0.148.